The summed E-state index contributed by atoms with van der Waals surface area (Å²) < 4.78 is 64.7. The lowest BCUT2D eigenvalue weighted by Crippen LogP contribution is -2.05. The number of phenols is 1. The van der Waals surface area contributed by atoms with Crippen molar-refractivity contribution in [3.05, 3.63) is 53.6 Å². The second-order valence-corrected chi connectivity index (χ2v) is 3.86. The van der Waals surface area contributed by atoms with Crippen LogP contribution in [0.3, 0.4) is 0 Å². The lowest BCUT2D eigenvalue weighted by Gasteiger charge is -2.11. The van der Waals surface area contributed by atoms with Crippen molar-refractivity contribution in [1.82, 2.24) is 0 Å². The Bertz CT molecular complexity index is 599. The van der Waals surface area contributed by atoms with Crippen LogP contribution in [-0.4, -0.2) is 5.11 Å². The highest BCUT2D eigenvalue weighted by Gasteiger charge is 2.31. The summed E-state index contributed by atoms with van der Waals surface area (Å²) in [5, 5.41) is 9.26. The fourth-order valence-electron chi connectivity index (χ4n) is 1.69. The smallest absolute Gasteiger partial charge is 0.416 e. The zero-order valence-corrected chi connectivity index (χ0v) is 9.30. The van der Waals surface area contributed by atoms with E-state index in [2.05, 4.69) is 0 Å². The van der Waals surface area contributed by atoms with Crippen LogP contribution in [0.4, 0.5) is 22.0 Å². The van der Waals surface area contributed by atoms with Crippen LogP contribution in [0.2, 0.25) is 0 Å². The molecular weight excluding hydrogens is 267 g/mol. The number of alkyl halides is 3. The number of hydrogen-bond donors (Lipinski definition) is 1. The van der Waals surface area contributed by atoms with Crippen LogP contribution in [-0.2, 0) is 6.18 Å². The van der Waals surface area contributed by atoms with Gasteiger partial charge in [0.15, 0.2) is 0 Å². The molecular formula is C13H7F5O. The SMILES string of the molecule is Oc1cc(-c2c(F)cccc2F)cc(C(F)(F)F)c1. The molecule has 0 aromatic heterocycles. The Morgan fingerprint density at radius 3 is 2.00 bits per heavy atom. The molecule has 2 aromatic carbocycles. The minimum Gasteiger partial charge on any atom is -0.508 e. The maximum absolute atomic E-state index is 13.5. The van der Waals surface area contributed by atoms with Crippen LogP contribution in [0.5, 0.6) is 5.75 Å². The van der Waals surface area contributed by atoms with Crippen molar-refractivity contribution < 1.29 is 27.1 Å². The molecule has 0 radical (unpaired) electrons. The number of aromatic hydroxyl groups is 1. The summed E-state index contributed by atoms with van der Waals surface area (Å²) in [6, 6.07) is 4.90. The maximum Gasteiger partial charge on any atom is 0.416 e. The van der Waals surface area contributed by atoms with E-state index in [1.807, 2.05) is 0 Å². The minimum absolute atomic E-state index is 0.372. The molecule has 19 heavy (non-hydrogen) atoms. The van der Waals surface area contributed by atoms with Crippen molar-refractivity contribution in [3.63, 3.8) is 0 Å². The zero-order chi connectivity index (χ0) is 14.2. The predicted octanol–water partition coefficient (Wildman–Crippen LogP) is 4.36. The molecule has 1 N–H and O–H groups in total. The van der Waals surface area contributed by atoms with Gasteiger partial charge in [-0.3, -0.25) is 0 Å². The Labute approximate surface area is 104 Å². The summed E-state index contributed by atoms with van der Waals surface area (Å²) >= 11 is 0. The first-order chi connectivity index (χ1) is 8.79. The highest BCUT2D eigenvalue weighted by Crippen LogP contribution is 2.36. The number of rotatable bonds is 1. The third-order valence-corrected chi connectivity index (χ3v) is 2.50. The number of hydrogen-bond acceptors (Lipinski definition) is 1. The van der Waals surface area contributed by atoms with Gasteiger partial charge in [-0.15, -0.1) is 0 Å². The molecule has 0 aliphatic heterocycles. The predicted molar refractivity (Wildman–Crippen MR) is 58.5 cm³/mol. The van der Waals surface area contributed by atoms with E-state index in [0.717, 1.165) is 24.3 Å². The molecule has 0 fully saturated rings. The van der Waals surface area contributed by atoms with Crippen LogP contribution in [0.25, 0.3) is 11.1 Å². The van der Waals surface area contributed by atoms with Crippen molar-refractivity contribution in [2.75, 3.05) is 0 Å². The fourth-order valence-corrected chi connectivity index (χ4v) is 1.69. The average Bonchev–Trinajstić information content (AvgIpc) is 2.26. The molecule has 0 atom stereocenters. The van der Waals surface area contributed by atoms with Gasteiger partial charge in [0.05, 0.1) is 11.1 Å². The highest BCUT2D eigenvalue weighted by atomic mass is 19.4. The van der Waals surface area contributed by atoms with Crippen LogP contribution in [0.1, 0.15) is 5.56 Å². The van der Waals surface area contributed by atoms with Gasteiger partial charge >= 0.3 is 6.18 Å². The molecule has 2 rings (SSSR count). The van der Waals surface area contributed by atoms with Gasteiger partial charge in [-0.1, -0.05) is 6.07 Å². The van der Waals surface area contributed by atoms with Crippen LogP contribution in [0.15, 0.2) is 36.4 Å². The topological polar surface area (TPSA) is 20.2 Å². The molecule has 0 unspecified atom stereocenters. The summed E-state index contributed by atoms with van der Waals surface area (Å²) in [5.41, 5.74) is -2.16. The lowest BCUT2D eigenvalue weighted by molar-refractivity contribution is -0.137. The Hall–Kier alpha value is -2.11. The largest absolute Gasteiger partial charge is 0.508 e. The zero-order valence-electron chi connectivity index (χ0n) is 9.30. The average molecular weight is 274 g/mol. The highest BCUT2D eigenvalue weighted by molar-refractivity contribution is 5.67. The summed E-state index contributed by atoms with van der Waals surface area (Å²) in [7, 11) is 0. The molecule has 0 bridgehead atoms. The van der Waals surface area contributed by atoms with Crippen molar-refractivity contribution >= 4 is 0 Å². The van der Waals surface area contributed by atoms with E-state index in [9.17, 15) is 27.1 Å². The molecule has 100 valence electrons. The van der Waals surface area contributed by atoms with Gasteiger partial charge in [0, 0.05) is 0 Å². The minimum atomic E-state index is -4.71. The van der Waals surface area contributed by atoms with E-state index in [4.69, 9.17) is 0 Å². The van der Waals surface area contributed by atoms with Crippen molar-refractivity contribution in [3.8, 4) is 16.9 Å². The van der Waals surface area contributed by atoms with Crippen molar-refractivity contribution in [1.29, 1.82) is 0 Å². The van der Waals surface area contributed by atoms with Crippen LogP contribution < -0.4 is 0 Å². The maximum atomic E-state index is 13.5. The molecule has 0 heterocycles. The molecule has 0 aliphatic carbocycles. The van der Waals surface area contributed by atoms with Crippen molar-refractivity contribution in [2.45, 2.75) is 6.18 Å². The molecule has 0 saturated carbocycles. The summed E-state index contributed by atoms with van der Waals surface area (Å²) in [6.45, 7) is 0. The molecule has 0 aliphatic rings. The third kappa shape index (κ3) is 2.67. The Morgan fingerprint density at radius 2 is 1.47 bits per heavy atom. The normalized spacial score (nSPS) is 11.6. The second kappa shape index (κ2) is 4.53. The van der Waals surface area contributed by atoms with E-state index in [1.54, 1.807) is 0 Å². The fraction of sp³-hybridized carbons (Fsp3) is 0.0769. The Morgan fingerprint density at radius 1 is 0.895 bits per heavy atom. The third-order valence-electron chi connectivity index (χ3n) is 2.50. The van der Waals surface area contributed by atoms with E-state index in [-0.39, 0.29) is 5.56 Å². The first-order valence-electron chi connectivity index (χ1n) is 5.14. The van der Waals surface area contributed by atoms with Gasteiger partial charge in [-0.05, 0) is 35.9 Å². The van der Waals surface area contributed by atoms with Gasteiger partial charge < -0.3 is 5.11 Å². The molecule has 1 nitrogen and oxygen atoms in total. The number of phenolic OH excluding ortho intramolecular Hbond substituents is 1. The van der Waals surface area contributed by atoms with E-state index >= 15 is 0 Å². The molecule has 0 spiro atoms. The van der Waals surface area contributed by atoms with Crippen LogP contribution in [0, 0.1) is 11.6 Å². The van der Waals surface area contributed by atoms with Gasteiger partial charge in [0.25, 0.3) is 0 Å². The summed E-state index contributed by atoms with van der Waals surface area (Å²) in [4.78, 5) is 0. The first kappa shape index (κ1) is 13.3. The van der Waals surface area contributed by atoms with Gasteiger partial charge in [-0.2, -0.15) is 13.2 Å². The summed E-state index contributed by atoms with van der Waals surface area (Å²) in [6.07, 6.45) is -4.71. The van der Waals surface area contributed by atoms with E-state index in [0.29, 0.717) is 12.1 Å². The van der Waals surface area contributed by atoms with E-state index < -0.39 is 34.7 Å². The summed E-state index contributed by atoms with van der Waals surface area (Å²) in [5.74, 6) is -2.72. The molecule has 2 aromatic rings. The van der Waals surface area contributed by atoms with Gasteiger partial charge in [0.1, 0.15) is 17.4 Å². The lowest BCUT2D eigenvalue weighted by atomic mass is 10.0. The number of benzene rings is 2. The van der Waals surface area contributed by atoms with Gasteiger partial charge in [0.2, 0.25) is 0 Å². The Balaban J connectivity index is 2.67. The van der Waals surface area contributed by atoms with E-state index in [1.165, 1.54) is 0 Å². The van der Waals surface area contributed by atoms with Crippen molar-refractivity contribution in [2.24, 2.45) is 0 Å². The molecule has 6 heteroatoms. The monoisotopic (exact) mass is 274 g/mol. The first-order valence-corrected chi connectivity index (χ1v) is 5.14. The van der Waals surface area contributed by atoms with Crippen LogP contribution >= 0.6 is 0 Å². The Kier molecular flexibility index (Phi) is 3.18. The van der Waals surface area contributed by atoms with Gasteiger partial charge in [-0.25, -0.2) is 8.78 Å². The molecule has 0 amide bonds. The standard InChI is InChI=1S/C13H7F5O/c14-10-2-1-3-11(15)12(10)7-4-8(13(16,17)18)6-9(19)5-7/h1-6,19H. The second-order valence-electron chi connectivity index (χ2n) is 3.86. The quantitative estimate of drug-likeness (QED) is 0.766. The molecule has 0 saturated heterocycles. The number of halogens is 5.